The summed E-state index contributed by atoms with van der Waals surface area (Å²) in [7, 11) is 0. The molecule has 0 saturated carbocycles. The van der Waals surface area contributed by atoms with Crippen LogP contribution in [-0.2, 0) is 27.3 Å². The Bertz CT molecular complexity index is 1550. The van der Waals surface area contributed by atoms with Gasteiger partial charge in [0, 0.05) is 43.6 Å². The predicted molar refractivity (Wildman–Crippen MR) is 173 cm³/mol. The zero-order chi connectivity index (χ0) is 32.3. The zero-order valence-corrected chi connectivity index (χ0v) is 26.1. The summed E-state index contributed by atoms with van der Waals surface area (Å²) in [6, 6.07) is 18.5. The summed E-state index contributed by atoms with van der Waals surface area (Å²) in [5.74, 6) is -1.46. The van der Waals surface area contributed by atoms with E-state index in [9.17, 15) is 24.0 Å². The number of halogens is 2. The van der Waals surface area contributed by atoms with E-state index in [1.54, 1.807) is 36.4 Å². The van der Waals surface area contributed by atoms with Gasteiger partial charge in [0.2, 0.25) is 17.7 Å². The second-order valence-electron chi connectivity index (χ2n) is 10.8. The number of fused-ring (bicyclic) bond motifs is 1. The smallest absolute Gasteiger partial charge is 0.312 e. The van der Waals surface area contributed by atoms with E-state index in [-0.39, 0.29) is 48.9 Å². The van der Waals surface area contributed by atoms with Gasteiger partial charge in [-0.1, -0.05) is 77.8 Å². The van der Waals surface area contributed by atoms with Crippen LogP contribution in [0.15, 0.2) is 72.8 Å². The van der Waals surface area contributed by atoms with E-state index >= 15 is 0 Å². The fraction of sp³-hybridized carbons (Fsp3) is 0.303. The number of anilines is 1. The van der Waals surface area contributed by atoms with Crippen molar-refractivity contribution < 1.29 is 24.0 Å². The molecule has 0 bridgehead atoms. The Kier molecular flexibility index (Phi) is 11.9. The number of nitrogens with two attached hydrogens (primary N) is 1. The third kappa shape index (κ3) is 9.54. The van der Waals surface area contributed by atoms with Gasteiger partial charge in [-0.3, -0.25) is 19.2 Å². The van der Waals surface area contributed by atoms with Gasteiger partial charge in [0.05, 0.1) is 10.0 Å². The molecular formula is C33H35Cl2N5O5. The highest BCUT2D eigenvalue weighted by Crippen LogP contribution is 2.27. The molecule has 5 N–H and O–H groups in total. The van der Waals surface area contributed by atoms with E-state index < -0.39 is 29.9 Å². The molecule has 12 heteroatoms. The third-order valence-corrected chi connectivity index (χ3v) is 8.31. The molecule has 5 amide bonds. The van der Waals surface area contributed by atoms with E-state index in [1.807, 2.05) is 30.3 Å². The number of rotatable bonds is 13. The number of nitrogens with one attached hydrogen (secondary N) is 3. The average molecular weight is 653 g/mol. The molecule has 3 aromatic carbocycles. The van der Waals surface area contributed by atoms with Crippen LogP contribution in [0.3, 0.4) is 0 Å². The van der Waals surface area contributed by atoms with Gasteiger partial charge < -0.3 is 26.6 Å². The molecule has 10 nitrogen and oxygen atoms in total. The van der Waals surface area contributed by atoms with Gasteiger partial charge in [-0.15, -0.1) is 0 Å². The van der Waals surface area contributed by atoms with Crippen molar-refractivity contribution in [2.75, 3.05) is 11.9 Å². The van der Waals surface area contributed by atoms with Gasteiger partial charge in [0.1, 0.15) is 12.1 Å². The standard InChI is InChI=1S/C33H35Cl2N5O5/c34-25-14-13-24(19-26(25)35)38-31(43)27(12-6-7-17-37-33(36)45)39-32(44)28-18-22-10-4-5-11-23(22)20-40(28)30(42)16-15-29(41)21-8-2-1-3-9-21/h1-5,8-11,13-14,19,27-28H,6-7,12,15-18,20H2,(H,38,43)(H,39,44)(H3,36,37,45)/t27-,28-/m0/s1. The van der Waals surface area contributed by atoms with Gasteiger partial charge in [0.15, 0.2) is 5.78 Å². The van der Waals surface area contributed by atoms with Gasteiger partial charge >= 0.3 is 6.03 Å². The molecule has 1 heterocycles. The van der Waals surface area contributed by atoms with Crippen LogP contribution in [0.25, 0.3) is 0 Å². The molecule has 45 heavy (non-hydrogen) atoms. The van der Waals surface area contributed by atoms with Crippen LogP contribution in [0.5, 0.6) is 0 Å². The Morgan fingerprint density at radius 2 is 1.58 bits per heavy atom. The molecule has 0 aliphatic carbocycles. The average Bonchev–Trinajstić information content (AvgIpc) is 3.04. The summed E-state index contributed by atoms with van der Waals surface area (Å²) in [6.45, 7) is 0.513. The van der Waals surface area contributed by atoms with Crippen molar-refractivity contribution >= 4 is 58.4 Å². The van der Waals surface area contributed by atoms with Crippen LogP contribution in [0, 0.1) is 0 Å². The molecule has 1 aliphatic rings. The minimum Gasteiger partial charge on any atom is -0.352 e. The maximum atomic E-state index is 13.9. The second kappa shape index (κ2) is 16.1. The predicted octanol–water partition coefficient (Wildman–Crippen LogP) is 4.87. The van der Waals surface area contributed by atoms with E-state index in [0.29, 0.717) is 35.7 Å². The molecule has 0 fully saturated rings. The number of carbonyl (C=O) groups is 5. The summed E-state index contributed by atoms with van der Waals surface area (Å²) in [6.07, 6.45) is 1.45. The number of urea groups is 1. The normalized spacial score (nSPS) is 14.5. The van der Waals surface area contributed by atoms with Crippen molar-refractivity contribution in [2.24, 2.45) is 5.73 Å². The Labute approximate surface area is 271 Å². The lowest BCUT2D eigenvalue weighted by molar-refractivity contribution is -0.142. The highest BCUT2D eigenvalue weighted by Gasteiger charge is 2.36. The Morgan fingerprint density at radius 3 is 2.29 bits per heavy atom. The van der Waals surface area contributed by atoms with E-state index in [4.69, 9.17) is 28.9 Å². The Morgan fingerprint density at radius 1 is 0.867 bits per heavy atom. The fourth-order valence-electron chi connectivity index (χ4n) is 5.18. The molecule has 0 radical (unpaired) electrons. The van der Waals surface area contributed by atoms with Crippen molar-refractivity contribution in [1.29, 1.82) is 0 Å². The number of carbonyl (C=O) groups excluding carboxylic acids is 5. The SMILES string of the molecule is NC(=O)NCCCC[C@H](NC(=O)[C@@H]1Cc2ccccc2CN1C(=O)CCC(=O)c1ccccc1)C(=O)Nc1ccc(Cl)c(Cl)c1. The third-order valence-electron chi connectivity index (χ3n) is 7.57. The topological polar surface area (TPSA) is 151 Å². The van der Waals surface area contributed by atoms with Crippen LogP contribution in [0.2, 0.25) is 10.0 Å². The quantitative estimate of drug-likeness (QED) is 0.154. The number of nitrogens with zero attached hydrogens (tertiary/aromatic N) is 1. The first-order valence-corrected chi connectivity index (χ1v) is 15.4. The first-order valence-electron chi connectivity index (χ1n) is 14.7. The minimum absolute atomic E-state index is 0.00333. The van der Waals surface area contributed by atoms with Crippen molar-refractivity contribution in [3.8, 4) is 0 Å². The van der Waals surface area contributed by atoms with Gasteiger partial charge in [0.25, 0.3) is 0 Å². The van der Waals surface area contributed by atoms with Crippen LogP contribution < -0.4 is 21.7 Å². The molecule has 236 valence electrons. The number of unbranched alkanes of at least 4 members (excludes halogenated alkanes) is 1. The number of amides is 5. The number of Topliss-reactive ketones (excluding diaryl/α,β-unsaturated/α-hetero) is 1. The highest BCUT2D eigenvalue weighted by molar-refractivity contribution is 6.42. The first-order chi connectivity index (χ1) is 21.6. The number of benzene rings is 3. The van der Waals surface area contributed by atoms with Crippen LogP contribution >= 0.6 is 23.2 Å². The van der Waals surface area contributed by atoms with Crippen molar-refractivity contribution in [1.82, 2.24) is 15.5 Å². The van der Waals surface area contributed by atoms with Crippen molar-refractivity contribution in [3.05, 3.63) is 99.5 Å². The number of primary amides is 1. The summed E-state index contributed by atoms with van der Waals surface area (Å²) >= 11 is 12.1. The van der Waals surface area contributed by atoms with Gasteiger partial charge in [-0.05, 0) is 48.6 Å². The molecule has 0 spiro atoms. The van der Waals surface area contributed by atoms with Crippen molar-refractivity contribution in [2.45, 2.75) is 57.2 Å². The maximum absolute atomic E-state index is 13.9. The summed E-state index contributed by atoms with van der Waals surface area (Å²) in [5.41, 5.74) is 7.90. The Balaban J connectivity index is 1.50. The monoisotopic (exact) mass is 651 g/mol. The molecule has 0 aromatic heterocycles. The molecule has 0 saturated heterocycles. The molecule has 0 unspecified atom stereocenters. The lowest BCUT2D eigenvalue weighted by Gasteiger charge is -2.37. The molecule has 3 aromatic rings. The van der Waals surface area contributed by atoms with E-state index in [0.717, 1.165) is 11.1 Å². The molecule has 1 aliphatic heterocycles. The first kappa shape index (κ1) is 33.5. The Hall–Kier alpha value is -4.41. The fourth-order valence-corrected chi connectivity index (χ4v) is 5.47. The molecule has 4 rings (SSSR count). The minimum atomic E-state index is -0.964. The van der Waals surface area contributed by atoms with Crippen molar-refractivity contribution in [3.63, 3.8) is 0 Å². The molecule has 2 atom stereocenters. The largest absolute Gasteiger partial charge is 0.352 e. The van der Waals surface area contributed by atoms with E-state index in [1.165, 1.54) is 11.0 Å². The van der Waals surface area contributed by atoms with Gasteiger partial charge in [-0.2, -0.15) is 0 Å². The lowest BCUT2D eigenvalue weighted by Crippen LogP contribution is -2.56. The number of hydrogen-bond acceptors (Lipinski definition) is 5. The number of hydrogen-bond donors (Lipinski definition) is 4. The number of ketones is 1. The van der Waals surface area contributed by atoms with Crippen LogP contribution in [-0.4, -0.2) is 53.1 Å². The van der Waals surface area contributed by atoms with E-state index in [2.05, 4.69) is 16.0 Å². The summed E-state index contributed by atoms with van der Waals surface area (Å²) < 4.78 is 0. The maximum Gasteiger partial charge on any atom is 0.312 e. The summed E-state index contributed by atoms with van der Waals surface area (Å²) in [4.78, 5) is 66.0. The van der Waals surface area contributed by atoms with Crippen LogP contribution in [0.1, 0.15) is 53.6 Å². The second-order valence-corrected chi connectivity index (χ2v) is 11.6. The molecular weight excluding hydrogens is 617 g/mol. The summed E-state index contributed by atoms with van der Waals surface area (Å²) in [5, 5.41) is 8.72. The van der Waals surface area contributed by atoms with Crippen LogP contribution in [0.4, 0.5) is 10.5 Å². The lowest BCUT2D eigenvalue weighted by atomic mass is 9.92. The highest BCUT2D eigenvalue weighted by atomic mass is 35.5. The van der Waals surface area contributed by atoms with Gasteiger partial charge in [-0.25, -0.2) is 4.79 Å². The zero-order valence-electron chi connectivity index (χ0n) is 24.6.